The molecule has 96 heavy (non-hydrogen) atoms. The lowest BCUT2D eigenvalue weighted by Gasteiger charge is -2.23. The van der Waals surface area contributed by atoms with Crippen molar-refractivity contribution in [3.8, 4) is 30.3 Å². The molecule has 0 aliphatic rings. The van der Waals surface area contributed by atoms with Gasteiger partial charge in [-0.2, -0.15) is 26.3 Å². The number of nitrogens with one attached hydrogen (secondary N) is 2. The van der Waals surface area contributed by atoms with Gasteiger partial charge in [0, 0.05) is 37.6 Å². The number of hydrogen-bond acceptors (Lipinski definition) is 20. The van der Waals surface area contributed by atoms with Gasteiger partial charge in [-0.25, -0.2) is 30.4 Å². The van der Waals surface area contributed by atoms with Gasteiger partial charge in [0.2, 0.25) is 11.8 Å². The van der Waals surface area contributed by atoms with Crippen molar-refractivity contribution in [2.75, 3.05) is 23.0 Å². The zero-order valence-electron chi connectivity index (χ0n) is 54.9. The lowest BCUT2D eigenvalue weighted by molar-refractivity contribution is -0.145. The van der Waals surface area contributed by atoms with Crippen LogP contribution in [0.2, 0.25) is 0 Å². The number of hydrogen-bond donors (Lipinski definition) is 4. The van der Waals surface area contributed by atoms with Gasteiger partial charge in [-0.1, -0.05) is 51.9 Å². The Morgan fingerprint density at radius 3 is 1.17 bits per heavy atom. The van der Waals surface area contributed by atoms with Crippen molar-refractivity contribution in [1.29, 1.82) is 26.3 Å². The molecule has 7 rings (SSSR count). The van der Waals surface area contributed by atoms with E-state index in [4.69, 9.17) is 50.9 Å². The minimum atomic E-state index is -4.39. The summed E-state index contributed by atoms with van der Waals surface area (Å²) in [5.74, 6) is -4.29. The number of carbonyl (C=O) groups is 4. The Bertz CT molecular complexity index is 4340. The minimum Gasteiger partial charge on any atom is -0.480 e. The highest BCUT2D eigenvalue weighted by molar-refractivity contribution is 8.02. The molecular weight excluding hydrogens is 1330 g/mol. The van der Waals surface area contributed by atoms with Gasteiger partial charge in [-0.15, -0.1) is 35.3 Å². The van der Waals surface area contributed by atoms with Crippen molar-refractivity contribution in [2.24, 2.45) is 0 Å². The molecule has 2 aromatic heterocycles. The Balaban J connectivity index is 0.000000323. The zero-order chi connectivity index (χ0) is 73.1. The molecule has 7 aromatic rings. The van der Waals surface area contributed by atoms with E-state index in [0.29, 0.717) is 33.7 Å². The molecule has 20 nitrogen and oxygen atoms in total. The van der Waals surface area contributed by atoms with Crippen molar-refractivity contribution in [2.45, 2.75) is 153 Å². The molecule has 5 aromatic carbocycles. The number of carboxylic acid groups (broad SMARTS) is 1. The zero-order valence-corrected chi connectivity index (χ0v) is 58.1. The number of rotatable bonds is 15. The smallest absolute Gasteiger partial charge is 0.321 e. The molecule has 0 aliphatic carbocycles. The van der Waals surface area contributed by atoms with Gasteiger partial charge < -0.3 is 35.3 Å². The number of nitriles is 5. The fourth-order valence-corrected chi connectivity index (χ4v) is 11.2. The second-order valence-corrected chi connectivity index (χ2v) is 31.8. The van der Waals surface area contributed by atoms with E-state index in [1.54, 1.807) is 52.8 Å². The van der Waals surface area contributed by atoms with Crippen LogP contribution in [0, 0.1) is 85.7 Å². The van der Waals surface area contributed by atoms with Gasteiger partial charge in [0.15, 0.2) is 21.5 Å². The normalized spacial score (nSPS) is 11.4. The topological polar surface area (TPSA) is 353 Å². The average Bonchev–Trinajstić information content (AvgIpc) is 0.775. The molecule has 0 bridgehead atoms. The number of sulfone groups is 1. The predicted octanol–water partition coefficient (Wildman–Crippen LogP) is 14.7. The van der Waals surface area contributed by atoms with Crippen molar-refractivity contribution < 1.29 is 68.4 Å². The second-order valence-electron chi connectivity index (χ2n) is 24.3. The lowest BCUT2D eigenvalue weighted by Crippen LogP contribution is -2.44. The van der Waals surface area contributed by atoms with Crippen LogP contribution in [0.15, 0.2) is 132 Å². The number of anilines is 3. The maximum atomic E-state index is 14.2. The maximum Gasteiger partial charge on any atom is 0.321 e. The maximum absolute atomic E-state index is 14.2. The number of thioether (sulfide) groups is 3. The fourth-order valence-electron chi connectivity index (χ4n) is 6.91. The Morgan fingerprint density at radius 1 is 0.510 bits per heavy atom. The quantitative estimate of drug-likeness (QED) is 0.0320. The van der Waals surface area contributed by atoms with Gasteiger partial charge in [0.05, 0.1) is 75.2 Å². The molecule has 506 valence electrons. The van der Waals surface area contributed by atoms with Crippen LogP contribution in [0.25, 0.3) is 0 Å². The number of carbonyl (C=O) groups excluding carboxylic acids is 3. The van der Waals surface area contributed by atoms with Crippen LogP contribution in [0.3, 0.4) is 0 Å². The van der Waals surface area contributed by atoms with Gasteiger partial charge in [0.25, 0.3) is 0 Å². The molecule has 0 saturated carbocycles. The number of esters is 1. The Kier molecular flexibility index (Phi) is 28.2. The molecular formula is C67H69F5N10O10S4. The third-order valence-electron chi connectivity index (χ3n) is 12.8. The molecule has 2 heterocycles. The summed E-state index contributed by atoms with van der Waals surface area (Å²) in [7, 11) is -4.39. The summed E-state index contributed by atoms with van der Waals surface area (Å²) < 4.78 is 104. The standard InChI is InChI=1S/C18H20FN3O4S.C18H20FN3O2S.C13H14FNO2S.C11H10FNO2S.C7H5FN2/c1-17(2,3)14-9-15(22-26-14)21-16(23)18(4,5)27(24,25)13-7-6-11(10-20)8-12(13)19;1-17(2,3)14-9-15(22-24-14)21-16(23)18(4,5)25-13-7-6-11(10-20)8-12(13)19;1-4-17-12(16)13(2,3)18-11-6-5-9(8-15)7-10(11)14;1-11(2,10(14)15)16-9-4-3-7(6-13)5-8(9)12;8-6-3-5(4-9)1-2-7(6)10/h6-9H,1-5H3,(H,21,22,23);6-9H,1-5H3,(H,21,22,23);5-7H,4H2,1-3H3;3-5H,1-2H3,(H,14,15);1-3H,10H2. The van der Waals surface area contributed by atoms with Crippen LogP contribution in [0.5, 0.6) is 0 Å². The third-order valence-corrected chi connectivity index (χ3v) is 18.9. The van der Waals surface area contributed by atoms with E-state index >= 15 is 0 Å². The van der Waals surface area contributed by atoms with E-state index in [-0.39, 0.29) is 61.0 Å². The van der Waals surface area contributed by atoms with Crippen LogP contribution in [-0.4, -0.2) is 73.2 Å². The average molecular weight is 1400 g/mol. The number of amides is 2. The Morgan fingerprint density at radius 2 is 0.844 bits per heavy atom. The summed E-state index contributed by atoms with van der Waals surface area (Å²) in [5.41, 5.74) is 5.64. The first-order chi connectivity index (χ1) is 44.3. The molecule has 0 unspecified atom stereocenters. The minimum absolute atomic E-state index is 0.0222. The van der Waals surface area contributed by atoms with Crippen LogP contribution < -0.4 is 16.4 Å². The highest BCUT2D eigenvalue weighted by atomic mass is 32.2. The third kappa shape index (κ3) is 22.8. The van der Waals surface area contributed by atoms with Crippen molar-refractivity contribution >= 4 is 86.2 Å². The van der Waals surface area contributed by atoms with Gasteiger partial charge in [-0.05, 0) is 153 Å². The molecule has 2 amide bonds. The number of benzene rings is 5. The number of nitrogens with two attached hydrogens (primary N) is 1. The van der Waals surface area contributed by atoms with E-state index in [1.807, 2.05) is 59.8 Å². The molecule has 0 spiro atoms. The number of aliphatic carboxylic acids is 1. The Labute approximate surface area is 566 Å². The van der Waals surface area contributed by atoms with Gasteiger partial charge in [0.1, 0.15) is 59.7 Å². The molecule has 0 fully saturated rings. The van der Waals surface area contributed by atoms with Crippen molar-refractivity contribution in [1.82, 2.24) is 10.3 Å². The van der Waals surface area contributed by atoms with Crippen LogP contribution in [0.4, 0.5) is 39.3 Å². The van der Waals surface area contributed by atoms with E-state index in [0.717, 1.165) is 71.7 Å². The van der Waals surface area contributed by atoms with E-state index < -0.39 is 80.7 Å². The first kappa shape index (κ1) is 80.5. The monoisotopic (exact) mass is 1400 g/mol. The first-order valence-electron chi connectivity index (χ1n) is 28.4. The van der Waals surface area contributed by atoms with Crippen molar-refractivity contribution in [3.05, 3.63) is 172 Å². The van der Waals surface area contributed by atoms with Gasteiger partial charge >= 0.3 is 11.9 Å². The number of carboxylic acids is 1. The molecule has 29 heteroatoms. The molecule has 0 radical (unpaired) electrons. The van der Waals surface area contributed by atoms with E-state index in [2.05, 4.69) is 20.9 Å². The van der Waals surface area contributed by atoms with Crippen LogP contribution >= 0.6 is 35.3 Å². The summed E-state index contributed by atoms with van der Waals surface area (Å²) >= 11 is 3.07. The first-order valence-corrected chi connectivity index (χ1v) is 32.3. The predicted molar refractivity (Wildman–Crippen MR) is 353 cm³/mol. The summed E-state index contributed by atoms with van der Waals surface area (Å²) in [4.78, 5) is 47.9. The number of halogens is 5. The highest BCUT2D eigenvalue weighted by Gasteiger charge is 2.45. The Hall–Kier alpha value is -9.70. The number of nitrogens with zero attached hydrogens (tertiary/aromatic N) is 7. The molecule has 5 N–H and O–H groups in total. The molecule has 0 aliphatic heterocycles. The molecule has 0 atom stereocenters. The number of ether oxygens (including phenoxy) is 1. The number of nitrogen functional groups attached to an aromatic ring is 1. The van der Waals surface area contributed by atoms with Crippen LogP contribution in [-0.2, 0) is 44.6 Å². The lowest BCUT2D eigenvalue weighted by atomic mass is 9.93. The van der Waals surface area contributed by atoms with Crippen LogP contribution in [0.1, 0.15) is 143 Å². The van der Waals surface area contributed by atoms with E-state index in [1.165, 1.54) is 88.4 Å². The van der Waals surface area contributed by atoms with Crippen molar-refractivity contribution in [3.63, 3.8) is 0 Å². The largest absolute Gasteiger partial charge is 0.480 e. The highest BCUT2D eigenvalue weighted by Crippen LogP contribution is 2.39. The second kappa shape index (κ2) is 33.6. The summed E-state index contributed by atoms with van der Waals surface area (Å²) in [6.07, 6.45) is 0. The molecule has 0 saturated heterocycles. The van der Waals surface area contributed by atoms with E-state index in [9.17, 15) is 49.5 Å². The SMILES string of the molecule is CC(C)(C)c1cc(NC(=O)C(C)(C)S(=O)(=O)c2ccc(C#N)cc2F)no1.CC(C)(Sc1ccc(C#N)cc1F)C(=O)Nc1cc(C(C)(C)C)on1.CC(C)(Sc1ccc(C#N)cc1F)C(=O)O.CCOC(=O)C(C)(C)Sc1ccc(C#N)cc1F.N#Cc1ccc(N)c(F)c1. The summed E-state index contributed by atoms with van der Waals surface area (Å²) in [6, 6.07) is 31.5. The fraction of sp³-hybridized carbons (Fsp3) is 0.328. The van der Waals surface area contributed by atoms with Gasteiger partial charge in [-0.3, -0.25) is 19.2 Å². The number of aromatic nitrogens is 2. The summed E-state index contributed by atoms with van der Waals surface area (Å²) in [6.45, 7) is 25.7. The summed E-state index contributed by atoms with van der Waals surface area (Å²) in [5, 5.41) is 64.6.